The zero-order valence-electron chi connectivity index (χ0n) is 14.9. The van der Waals surface area contributed by atoms with Crippen molar-refractivity contribution < 1.29 is 19.1 Å². The topological polar surface area (TPSA) is 79.9 Å². The minimum Gasteiger partial charge on any atom is -0.454 e. The Morgan fingerprint density at radius 2 is 1.80 bits per heavy atom. The maximum Gasteiger partial charge on any atom is 0.317 e. The van der Waals surface area contributed by atoms with Crippen molar-refractivity contribution in [2.45, 2.75) is 45.2 Å². The van der Waals surface area contributed by atoms with Crippen LogP contribution < -0.4 is 20.1 Å². The fraction of sp³-hybridized carbons (Fsp3) is 0.556. The number of carbonyl (C=O) groups excluding carboxylic acids is 2. The Morgan fingerprint density at radius 1 is 1.12 bits per heavy atom. The molecule has 0 spiro atoms. The molecule has 0 unspecified atom stereocenters. The van der Waals surface area contributed by atoms with Crippen molar-refractivity contribution in [3.63, 3.8) is 0 Å². The summed E-state index contributed by atoms with van der Waals surface area (Å²) in [6.07, 6.45) is 1.49. The van der Waals surface area contributed by atoms with Crippen molar-refractivity contribution in [1.82, 2.24) is 15.5 Å². The van der Waals surface area contributed by atoms with Crippen LogP contribution in [0.3, 0.4) is 0 Å². The summed E-state index contributed by atoms with van der Waals surface area (Å²) < 4.78 is 10.6. The first-order valence-corrected chi connectivity index (χ1v) is 8.59. The van der Waals surface area contributed by atoms with Crippen molar-refractivity contribution in [3.05, 3.63) is 23.8 Å². The number of ether oxygens (including phenoxy) is 2. The van der Waals surface area contributed by atoms with Gasteiger partial charge in [-0.2, -0.15) is 0 Å². The Kier molecular flexibility index (Phi) is 4.74. The second-order valence-electron chi connectivity index (χ2n) is 7.48. The van der Waals surface area contributed by atoms with E-state index in [0.717, 1.165) is 12.8 Å². The summed E-state index contributed by atoms with van der Waals surface area (Å²) in [6.45, 7) is 7.34. The van der Waals surface area contributed by atoms with Gasteiger partial charge in [-0.05, 0) is 51.8 Å². The van der Waals surface area contributed by atoms with E-state index in [1.807, 2.05) is 20.8 Å². The van der Waals surface area contributed by atoms with Gasteiger partial charge >= 0.3 is 6.03 Å². The van der Waals surface area contributed by atoms with Crippen LogP contribution in [-0.4, -0.2) is 48.3 Å². The van der Waals surface area contributed by atoms with Crippen molar-refractivity contribution in [2.24, 2.45) is 0 Å². The van der Waals surface area contributed by atoms with Gasteiger partial charge < -0.3 is 25.0 Å². The number of amides is 3. The Bertz CT molecular complexity index is 661. The quantitative estimate of drug-likeness (QED) is 0.859. The van der Waals surface area contributed by atoms with E-state index in [2.05, 4.69) is 10.6 Å². The summed E-state index contributed by atoms with van der Waals surface area (Å²) in [4.78, 5) is 26.4. The highest BCUT2D eigenvalue weighted by molar-refractivity contribution is 5.95. The van der Waals surface area contributed by atoms with E-state index in [1.54, 1.807) is 23.1 Å². The van der Waals surface area contributed by atoms with E-state index in [1.165, 1.54) is 0 Å². The van der Waals surface area contributed by atoms with E-state index in [9.17, 15) is 9.59 Å². The van der Waals surface area contributed by atoms with Crippen LogP contribution in [0, 0.1) is 0 Å². The molecule has 0 aromatic heterocycles. The Labute approximate surface area is 147 Å². The SMILES string of the molecule is CC(C)(C)NC(=O)N1CCC(NC(=O)c2ccc3c(c2)OCO3)CC1. The molecule has 3 rings (SSSR count). The highest BCUT2D eigenvalue weighted by Gasteiger charge is 2.26. The number of hydrogen-bond acceptors (Lipinski definition) is 4. The molecule has 7 nitrogen and oxygen atoms in total. The first kappa shape index (κ1) is 17.4. The number of carbonyl (C=O) groups is 2. The van der Waals surface area contributed by atoms with E-state index < -0.39 is 0 Å². The number of piperidine rings is 1. The van der Waals surface area contributed by atoms with Crippen molar-refractivity contribution in [1.29, 1.82) is 0 Å². The summed E-state index contributed by atoms with van der Waals surface area (Å²) in [7, 11) is 0. The lowest BCUT2D eigenvalue weighted by molar-refractivity contribution is 0.0917. The van der Waals surface area contributed by atoms with Crippen LogP contribution in [0.5, 0.6) is 11.5 Å². The van der Waals surface area contributed by atoms with Gasteiger partial charge in [-0.1, -0.05) is 0 Å². The molecule has 7 heteroatoms. The van der Waals surface area contributed by atoms with E-state index in [0.29, 0.717) is 30.2 Å². The molecule has 2 N–H and O–H groups in total. The highest BCUT2D eigenvalue weighted by atomic mass is 16.7. The molecule has 2 heterocycles. The van der Waals surface area contributed by atoms with Gasteiger partial charge in [0.05, 0.1) is 0 Å². The number of rotatable bonds is 2. The molecule has 1 saturated heterocycles. The van der Waals surface area contributed by atoms with Crippen LogP contribution in [0.2, 0.25) is 0 Å². The van der Waals surface area contributed by atoms with Gasteiger partial charge in [-0.25, -0.2) is 4.79 Å². The standard InChI is InChI=1S/C18H25N3O4/c1-18(2,3)20-17(23)21-8-6-13(7-9-21)19-16(22)12-4-5-14-15(10-12)25-11-24-14/h4-5,10,13H,6-9,11H2,1-3H3,(H,19,22)(H,20,23). The van der Waals surface area contributed by atoms with Crippen LogP contribution in [0.1, 0.15) is 44.0 Å². The summed E-state index contributed by atoms with van der Waals surface area (Å²) in [5.74, 6) is 1.13. The molecule has 0 radical (unpaired) electrons. The van der Waals surface area contributed by atoms with E-state index >= 15 is 0 Å². The fourth-order valence-corrected chi connectivity index (χ4v) is 2.93. The third kappa shape index (κ3) is 4.35. The summed E-state index contributed by atoms with van der Waals surface area (Å²) in [5, 5.41) is 6.01. The van der Waals surface area contributed by atoms with E-state index in [-0.39, 0.29) is 30.3 Å². The van der Waals surface area contributed by atoms with Gasteiger partial charge in [0.2, 0.25) is 6.79 Å². The Balaban J connectivity index is 1.50. The van der Waals surface area contributed by atoms with Crippen LogP contribution in [-0.2, 0) is 0 Å². The minimum atomic E-state index is -0.249. The lowest BCUT2D eigenvalue weighted by atomic mass is 10.0. The molecule has 1 aromatic rings. The van der Waals surface area contributed by atoms with Crippen molar-refractivity contribution >= 4 is 11.9 Å². The lowest BCUT2D eigenvalue weighted by Gasteiger charge is -2.34. The van der Waals surface area contributed by atoms with E-state index in [4.69, 9.17) is 9.47 Å². The van der Waals surface area contributed by atoms with Gasteiger partial charge in [0.1, 0.15) is 0 Å². The monoisotopic (exact) mass is 347 g/mol. The van der Waals surface area contributed by atoms with Crippen LogP contribution in [0.25, 0.3) is 0 Å². The largest absolute Gasteiger partial charge is 0.454 e. The number of likely N-dealkylation sites (tertiary alicyclic amines) is 1. The highest BCUT2D eigenvalue weighted by Crippen LogP contribution is 2.32. The van der Waals surface area contributed by atoms with Crippen LogP contribution in [0.4, 0.5) is 4.79 Å². The van der Waals surface area contributed by atoms with Crippen molar-refractivity contribution in [3.8, 4) is 11.5 Å². The summed E-state index contributed by atoms with van der Waals surface area (Å²) in [6, 6.07) is 5.19. The van der Waals surface area contributed by atoms with Gasteiger partial charge in [-0.3, -0.25) is 4.79 Å². The molecule has 2 aliphatic heterocycles. The molecule has 0 atom stereocenters. The normalized spacial score (nSPS) is 17.3. The maximum absolute atomic E-state index is 12.4. The molecular formula is C18H25N3O4. The predicted octanol–water partition coefficient (Wildman–Crippen LogP) is 2.12. The third-order valence-corrected chi connectivity index (χ3v) is 4.23. The van der Waals surface area contributed by atoms with Gasteiger partial charge in [0.25, 0.3) is 5.91 Å². The second-order valence-corrected chi connectivity index (χ2v) is 7.48. The Morgan fingerprint density at radius 3 is 2.48 bits per heavy atom. The fourth-order valence-electron chi connectivity index (χ4n) is 2.93. The molecule has 0 aliphatic carbocycles. The molecular weight excluding hydrogens is 322 g/mol. The number of benzene rings is 1. The average molecular weight is 347 g/mol. The minimum absolute atomic E-state index is 0.0481. The lowest BCUT2D eigenvalue weighted by Crippen LogP contribution is -2.53. The first-order chi connectivity index (χ1) is 11.8. The molecule has 0 saturated carbocycles. The second kappa shape index (κ2) is 6.82. The van der Waals surface area contributed by atoms with Crippen molar-refractivity contribution in [2.75, 3.05) is 19.9 Å². The van der Waals surface area contributed by atoms with Crippen LogP contribution in [0.15, 0.2) is 18.2 Å². The zero-order chi connectivity index (χ0) is 18.0. The molecule has 25 heavy (non-hydrogen) atoms. The number of hydrogen-bond donors (Lipinski definition) is 2. The maximum atomic E-state index is 12.4. The molecule has 1 fully saturated rings. The Hall–Kier alpha value is -2.44. The molecule has 136 valence electrons. The van der Waals surface area contributed by atoms with Gasteiger partial charge in [-0.15, -0.1) is 0 Å². The molecule has 2 aliphatic rings. The molecule has 1 aromatic carbocycles. The third-order valence-electron chi connectivity index (χ3n) is 4.23. The number of fused-ring (bicyclic) bond motifs is 1. The average Bonchev–Trinajstić information content (AvgIpc) is 3.01. The van der Waals surface area contributed by atoms with Gasteiger partial charge in [0.15, 0.2) is 11.5 Å². The number of nitrogens with one attached hydrogen (secondary N) is 2. The molecule has 3 amide bonds. The predicted molar refractivity (Wildman–Crippen MR) is 92.9 cm³/mol. The number of nitrogens with zero attached hydrogens (tertiary/aromatic N) is 1. The smallest absolute Gasteiger partial charge is 0.317 e. The summed E-state index contributed by atoms with van der Waals surface area (Å²) >= 11 is 0. The molecule has 0 bridgehead atoms. The number of urea groups is 1. The zero-order valence-corrected chi connectivity index (χ0v) is 14.9. The summed E-state index contributed by atoms with van der Waals surface area (Å²) in [5.41, 5.74) is 0.304. The van der Waals surface area contributed by atoms with Crippen LogP contribution >= 0.6 is 0 Å². The van der Waals surface area contributed by atoms with Gasteiger partial charge in [0, 0.05) is 30.2 Å². The first-order valence-electron chi connectivity index (χ1n) is 8.59.